The van der Waals surface area contributed by atoms with Crippen molar-refractivity contribution in [3.63, 3.8) is 0 Å². The number of hydrogen-bond acceptors (Lipinski definition) is 4. The number of hydrogen-bond donors (Lipinski definition) is 1. The van der Waals surface area contributed by atoms with Crippen molar-refractivity contribution >= 4 is 23.3 Å². The minimum atomic E-state index is -0.630. The van der Waals surface area contributed by atoms with E-state index in [4.69, 9.17) is 17.3 Å². The molecule has 1 aromatic heterocycles. The molecule has 0 aliphatic carbocycles. The van der Waals surface area contributed by atoms with Crippen LogP contribution in [-0.2, 0) is 4.74 Å². The van der Waals surface area contributed by atoms with Gasteiger partial charge in [-0.3, -0.25) is 0 Å². The van der Waals surface area contributed by atoms with Crippen molar-refractivity contribution in [2.75, 3.05) is 12.8 Å². The topological polar surface area (TPSA) is 65.2 Å². The van der Waals surface area contributed by atoms with Crippen LogP contribution in [0.4, 0.5) is 10.1 Å². The number of ether oxygens (including phenoxy) is 1. The van der Waals surface area contributed by atoms with Crippen LogP contribution in [0.25, 0.3) is 11.1 Å². The number of anilines is 1. The van der Waals surface area contributed by atoms with Gasteiger partial charge in [0.2, 0.25) is 0 Å². The summed E-state index contributed by atoms with van der Waals surface area (Å²) in [4.78, 5) is 15.3. The van der Waals surface area contributed by atoms with Gasteiger partial charge in [-0.15, -0.1) is 0 Å². The predicted molar refractivity (Wildman–Crippen MR) is 70.4 cm³/mol. The Morgan fingerprint density at radius 3 is 2.79 bits per heavy atom. The minimum absolute atomic E-state index is 0.0128. The Hall–Kier alpha value is -2.14. The number of carbonyl (C=O) groups is 1. The van der Waals surface area contributed by atoms with E-state index in [9.17, 15) is 9.18 Å². The summed E-state index contributed by atoms with van der Waals surface area (Å²) in [6, 6.07) is 5.47. The predicted octanol–water partition coefficient (Wildman–Crippen LogP) is 2.91. The van der Waals surface area contributed by atoms with Gasteiger partial charge in [-0.25, -0.2) is 14.2 Å². The van der Waals surface area contributed by atoms with Gasteiger partial charge in [0.25, 0.3) is 0 Å². The summed E-state index contributed by atoms with van der Waals surface area (Å²) in [5.41, 5.74) is 6.86. The molecule has 0 saturated heterocycles. The molecule has 0 aliphatic heterocycles. The van der Waals surface area contributed by atoms with Crippen LogP contribution in [0, 0.1) is 5.82 Å². The molecule has 1 heterocycles. The molecule has 6 heteroatoms. The van der Waals surface area contributed by atoms with Crippen LogP contribution in [0.2, 0.25) is 5.02 Å². The van der Waals surface area contributed by atoms with Crippen LogP contribution in [0.3, 0.4) is 0 Å². The molecule has 4 nitrogen and oxygen atoms in total. The molecule has 0 bridgehead atoms. The Morgan fingerprint density at radius 2 is 2.16 bits per heavy atom. The summed E-state index contributed by atoms with van der Waals surface area (Å²) in [6.07, 6.45) is 1.39. The SMILES string of the molecule is COC(=O)c1ncc(-c2cc(F)ccc2Cl)cc1N. The number of aromatic nitrogens is 1. The van der Waals surface area contributed by atoms with Gasteiger partial charge in [-0.05, 0) is 24.3 Å². The van der Waals surface area contributed by atoms with Gasteiger partial charge in [0.05, 0.1) is 12.8 Å². The smallest absolute Gasteiger partial charge is 0.358 e. The summed E-state index contributed by atoms with van der Waals surface area (Å²) in [5, 5.41) is 0.369. The first kappa shape index (κ1) is 13.3. The van der Waals surface area contributed by atoms with Crippen molar-refractivity contribution < 1.29 is 13.9 Å². The average molecular weight is 281 g/mol. The molecule has 0 spiro atoms. The van der Waals surface area contributed by atoms with Crippen LogP contribution in [0.5, 0.6) is 0 Å². The summed E-state index contributed by atoms with van der Waals surface area (Å²) in [6.45, 7) is 0. The van der Waals surface area contributed by atoms with Crippen LogP contribution < -0.4 is 5.73 Å². The molecule has 2 aromatic rings. The Morgan fingerprint density at radius 1 is 1.42 bits per heavy atom. The van der Waals surface area contributed by atoms with E-state index in [1.165, 1.54) is 37.6 Å². The van der Waals surface area contributed by atoms with Crippen molar-refractivity contribution in [2.24, 2.45) is 0 Å². The van der Waals surface area contributed by atoms with Gasteiger partial charge in [-0.2, -0.15) is 0 Å². The molecule has 2 rings (SSSR count). The van der Waals surface area contributed by atoms with Gasteiger partial charge in [0.1, 0.15) is 5.82 Å². The molecule has 0 radical (unpaired) electrons. The number of nitrogens with two attached hydrogens (primary N) is 1. The molecule has 0 amide bonds. The van der Waals surface area contributed by atoms with E-state index in [-0.39, 0.29) is 11.4 Å². The second-order valence-corrected chi connectivity index (χ2v) is 4.18. The van der Waals surface area contributed by atoms with Crippen molar-refractivity contribution in [3.05, 3.63) is 47.0 Å². The quantitative estimate of drug-likeness (QED) is 0.859. The highest BCUT2D eigenvalue weighted by Gasteiger charge is 2.14. The van der Waals surface area contributed by atoms with Crippen LogP contribution in [0.1, 0.15) is 10.5 Å². The van der Waals surface area contributed by atoms with E-state index in [2.05, 4.69) is 9.72 Å². The summed E-state index contributed by atoms with van der Waals surface area (Å²) in [7, 11) is 1.24. The first-order valence-electron chi connectivity index (χ1n) is 5.32. The lowest BCUT2D eigenvalue weighted by atomic mass is 10.1. The zero-order chi connectivity index (χ0) is 14.0. The average Bonchev–Trinajstić information content (AvgIpc) is 2.40. The maximum atomic E-state index is 13.2. The second-order valence-electron chi connectivity index (χ2n) is 3.78. The largest absolute Gasteiger partial charge is 0.464 e. The van der Waals surface area contributed by atoms with Crippen molar-refractivity contribution in [1.82, 2.24) is 4.98 Å². The number of pyridine rings is 1. The molecule has 1 aromatic carbocycles. The third-order valence-electron chi connectivity index (χ3n) is 2.54. The Bertz CT molecular complexity index is 647. The monoisotopic (exact) mass is 280 g/mol. The van der Waals surface area contributed by atoms with Crippen molar-refractivity contribution in [1.29, 1.82) is 0 Å². The van der Waals surface area contributed by atoms with Crippen LogP contribution in [-0.4, -0.2) is 18.1 Å². The van der Waals surface area contributed by atoms with Crippen LogP contribution >= 0.6 is 11.6 Å². The van der Waals surface area contributed by atoms with Gasteiger partial charge in [0, 0.05) is 22.3 Å². The van der Waals surface area contributed by atoms with Gasteiger partial charge >= 0.3 is 5.97 Å². The lowest BCUT2D eigenvalue weighted by Crippen LogP contribution is -2.08. The van der Waals surface area contributed by atoms with E-state index in [1.54, 1.807) is 0 Å². The zero-order valence-electron chi connectivity index (χ0n) is 9.98. The molecular weight excluding hydrogens is 271 g/mol. The third kappa shape index (κ3) is 2.66. The number of carbonyl (C=O) groups excluding carboxylic acids is 1. The molecule has 19 heavy (non-hydrogen) atoms. The van der Waals surface area contributed by atoms with E-state index >= 15 is 0 Å². The first-order chi connectivity index (χ1) is 9.02. The van der Waals surface area contributed by atoms with E-state index in [1.807, 2.05) is 0 Å². The highest BCUT2D eigenvalue weighted by atomic mass is 35.5. The highest BCUT2D eigenvalue weighted by Crippen LogP contribution is 2.29. The minimum Gasteiger partial charge on any atom is -0.464 e. The fraction of sp³-hybridized carbons (Fsp3) is 0.0769. The maximum absolute atomic E-state index is 13.2. The fourth-order valence-corrected chi connectivity index (χ4v) is 1.84. The molecule has 0 aliphatic rings. The summed E-state index contributed by atoms with van der Waals surface area (Å²) >= 11 is 5.99. The molecule has 0 unspecified atom stereocenters. The highest BCUT2D eigenvalue weighted by molar-refractivity contribution is 6.33. The Kier molecular flexibility index (Phi) is 3.66. The first-order valence-corrected chi connectivity index (χ1v) is 5.70. The number of halogens is 2. The van der Waals surface area contributed by atoms with E-state index in [0.717, 1.165) is 0 Å². The van der Waals surface area contributed by atoms with Gasteiger partial charge in [0.15, 0.2) is 5.69 Å². The van der Waals surface area contributed by atoms with Gasteiger partial charge < -0.3 is 10.5 Å². The maximum Gasteiger partial charge on any atom is 0.358 e. The lowest BCUT2D eigenvalue weighted by Gasteiger charge is -2.07. The second kappa shape index (κ2) is 5.24. The Balaban J connectivity index is 2.50. The molecule has 98 valence electrons. The number of methoxy groups -OCH3 is 1. The molecular formula is C13H10ClFN2O2. The zero-order valence-corrected chi connectivity index (χ0v) is 10.7. The Labute approximate surface area is 114 Å². The number of rotatable bonds is 2. The van der Waals surface area contributed by atoms with Crippen molar-refractivity contribution in [3.8, 4) is 11.1 Å². The summed E-state index contributed by atoms with van der Waals surface area (Å²) < 4.78 is 17.7. The number of nitrogens with zero attached hydrogens (tertiary/aromatic N) is 1. The normalized spacial score (nSPS) is 10.3. The van der Waals surface area contributed by atoms with E-state index in [0.29, 0.717) is 16.1 Å². The lowest BCUT2D eigenvalue weighted by molar-refractivity contribution is 0.0595. The fourth-order valence-electron chi connectivity index (χ4n) is 1.62. The molecule has 0 atom stereocenters. The molecule has 0 fully saturated rings. The molecule has 2 N–H and O–H groups in total. The molecule has 0 saturated carbocycles. The number of esters is 1. The third-order valence-corrected chi connectivity index (χ3v) is 2.86. The number of nitrogen functional groups attached to an aromatic ring is 1. The standard InChI is InChI=1S/C13H10ClFN2O2/c1-19-13(18)12-11(16)4-7(6-17-12)9-5-8(15)2-3-10(9)14/h2-6H,16H2,1H3. The van der Waals surface area contributed by atoms with Crippen LogP contribution in [0.15, 0.2) is 30.5 Å². The number of benzene rings is 1. The van der Waals surface area contributed by atoms with Gasteiger partial charge in [-0.1, -0.05) is 11.6 Å². The van der Waals surface area contributed by atoms with Crippen molar-refractivity contribution in [2.45, 2.75) is 0 Å². The summed E-state index contributed by atoms with van der Waals surface area (Å²) in [5.74, 6) is -1.05. The van der Waals surface area contributed by atoms with E-state index < -0.39 is 11.8 Å².